The summed E-state index contributed by atoms with van der Waals surface area (Å²) in [4.78, 5) is 55.2. The predicted molar refractivity (Wildman–Crippen MR) is 147 cm³/mol. The number of piperidine rings is 1. The van der Waals surface area contributed by atoms with Gasteiger partial charge in [0.2, 0.25) is 17.7 Å². The average Bonchev–Trinajstić information content (AvgIpc) is 3.43. The van der Waals surface area contributed by atoms with Crippen molar-refractivity contribution in [3.05, 3.63) is 71.8 Å². The van der Waals surface area contributed by atoms with E-state index in [1.165, 1.54) is 0 Å². The highest BCUT2D eigenvalue weighted by Gasteiger charge is 2.42. The van der Waals surface area contributed by atoms with Crippen molar-refractivity contribution in [3.63, 3.8) is 0 Å². The molecule has 2 aromatic carbocycles. The van der Waals surface area contributed by atoms with Crippen molar-refractivity contribution in [3.8, 4) is 0 Å². The van der Waals surface area contributed by atoms with Gasteiger partial charge in [0.25, 0.3) is 0 Å². The third-order valence-corrected chi connectivity index (χ3v) is 7.62. The Labute approximate surface area is 229 Å². The molecule has 2 heterocycles. The lowest BCUT2D eigenvalue weighted by Gasteiger charge is -2.38. The van der Waals surface area contributed by atoms with Gasteiger partial charge < -0.3 is 26.0 Å². The van der Waals surface area contributed by atoms with Gasteiger partial charge in [0.05, 0.1) is 12.5 Å². The van der Waals surface area contributed by atoms with Crippen LogP contribution in [0.15, 0.2) is 60.7 Å². The fourth-order valence-electron chi connectivity index (χ4n) is 5.70. The van der Waals surface area contributed by atoms with Gasteiger partial charge in [-0.25, -0.2) is 0 Å². The standard InChI is InChI=1S/C30H38N4O5/c31-24(19-22-12-5-2-6-13-22)29(38)34-17-9-15-26(34)30(39)33-16-8-7-14-25(33)28(37)32-23(20-27(35)36)18-21-10-3-1-4-11-21/h1-6,10-13,23-26H,7-9,14-20,31H2,(H,32,37)(H,35,36). The Balaban J connectivity index is 1.43. The van der Waals surface area contributed by atoms with Crippen LogP contribution in [-0.4, -0.2) is 75.9 Å². The number of hydrogen-bond acceptors (Lipinski definition) is 5. The first-order valence-electron chi connectivity index (χ1n) is 13.8. The summed E-state index contributed by atoms with van der Waals surface area (Å²) in [7, 11) is 0. The summed E-state index contributed by atoms with van der Waals surface area (Å²) in [5, 5.41) is 12.3. The Morgan fingerprint density at radius 3 is 2.05 bits per heavy atom. The summed E-state index contributed by atoms with van der Waals surface area (Å²) in [5.41, 5.74) is 8.16. The van der Waals surface area contributed by atoms with Crippen LogP contribution in [0.2, 0.25) is 0 Å². The third kappa shape index (κ3) is 7.44. The molecular formula is C30H38N4O5. The molecule has 4 atom stereocenters. The van der Waals surface area contributed by atoms with Gasteiger partial charge in [-0.2, -0.15) is 0 Å². The number of amides is 3. The maximum atomic E-state index is 13.8. The largest absolute Gasteiger partial charge is 0.481 e. The molecule has 3 amide bonds. The number of nitrogens with one attached hydrogen (secondary N) is 1. The minimum atomic E-state index is -1.00. The van der Waals surface area contributed by atoms with Crippen LogP contribution in [-0.2, 0) is 32.0 Å². The Morgan fingerprint density at radius 2 is 1.41 bits per heavy atom. The maximum absolute atomic E-state index is 13.8. The van der Waals surface area contributed by atoms with Crippen molar-refractivity contribution in [1.82, 2.24) is 15.1 Å². The number of nitrogens with zero attached hydrogens (tertiary/aromatic N) is 2. The van der Waals surface area contributed by atoms with E-state index >= 15 is 0 Å². The molecule has 0 saturated carbocycles. The second kappa shape index (κ2) is 13.4. The summed E-state index contributed by atoms with van der Waals surface area (Å²) in [5.74, 6) is -1.83. The molecule has 0 spiro atoms. The van der Waals surface area contributed by atoms with E-state index in [1.807, 2.05) is 60.7 Å². The summed E-state index contributed by atoms with van der Waals surface area (Å²) in [6.45, 7) is 0.883. The Kier molecular flexibility index (Phi) is 9.70. The molecule has 9 nitrogen and oxygen atoms in total. The van der Waals surface area contributed by atoms with Crippen molar-refractivity contribution in [2.24, 2.45) is 5.73 Å². The predicted octanol–water partition coefficient (Wildman–Crippen LogP) is 2.13. The lowest BCUT2D eigenvalue weighted by Crippen LogP contribution is -2.59. The van der Waals surface area contributed by atoms with Crippen LogP contribution in [0.3, 0.4) is 0 Å². The highest BCUT2D eigenvalue weighted by atomic mass is 16.4. The molecule has 0 aliphatic carbocycles. The van der Waals surface area contributed by atoms with Crippen LogP contribution in [0.25, 0.3) is 0 Å². The van der Waals surface area contributed by atoms with Crippen LogP contribution < -0.4 is 11.1 Å². The molecule has 9 heteroatoms. The fraction of sp³-hybridized carbons (Fsp3) is 0.467. The summed E-state index contributed by atoms with van der Waals surface area (Å²) in [6.07, 6.45) is 3.84. The van der Waals surface area contributed by atoms with Gasteiger partial charge in [-0.15, -0.1) is 0 Å². The summed E-state index contributed by atoms with van der Waals surface area (Å²) in [6, 6.07) is 16.3. The number of nitrogens with two attached hydrogens (primary N) is 1. The molecule has 2 fully saturated rings. The van der Waals surface area contributed by atoms with E-state index in [9.17, 15) is 24.3 Å². The Bertz CT molecular complexity index is 1140. The number of likely N-dealkylation sites (tertiary alicyclic amines) is 2. The van der Waals surface area contributed by atoms with Crippen molar-refractivity contribution < 1.29 is 24.3 Å². The lowest BCUT2D eigenvalue weighted by atomic mass is 9.97. The molecule has 0 bridgehead atoms. The second-order valence-corrected chi connectivity index (χ2v) is 10.5. The minimum Gasteiger partial charge on any atom is -0.481 e. The molecule has 208 valence electrons. The van der Waals surface area contributed by atoms with E-state index in [2.05, 4.69) is 5.32 Å². The van der Waals surface area contributed by atoms with Crippen LogP contribution in [0.4, 0.5) is 0 Å². The number of carboxylic acids is 1. The quantitative estimate of drug-likeness (QED) is 0.428. The lowest BCUT2D eigenvalue weighted by molar-refractivity contribution is -0.150. The van der Waals surface area contributed by atoms with Crippen LogP contribution in [0.1, 0.15) is 49.7 Å². The molecular weight excluding hydrogens is 496 g/mol. The highest BCUT2D eigenvalue weighted by molar-refractivity contribution is 5.94. The first kappa shape index (κ1) is 28.3. The number of carbonyl (C=O) groups excluding carboxylic acids is 3. The highest BCUT2D eigenvalue weighted by Crippen LogP contribution is 2.25. The monoisotopic (exact) mass is 534 g/mol. The third-order valence-electron chi connectivity index (χ3n) is 7.62. The number of benzene rings is 2. The summed E-state index contributed by atoms with van der Waals surface area (Å²) < 4.78 is 0. The van der Waals surface area contributed by atoms with Crippen LogP contribution in [0, 0.1) is 0 Å². The number of carbonyl (C=O) groups is 4. The van der Waals surface area contributed by atoms with E-state index in [0.717, 1.165) is 24.0 Å². The zero-order chi connectivity index (χ0) is 27.8. The van der Waals surface area contributed by atoms with Gasteiger partial charge in [0.15, 0.2) is 0 Å². The van der Waals surface area contributed by atoms with E-state index in [1.54, 1.807) is 9.80 Å². The van der Waals surface area contributed by atoms with Gasteiger partial charge in [-0.3, -0.25) is 19.2 Å². The van der Waals surface area contributed by atoms with Crippen molar-refractivity contribution in [2.45, 2.75) is 75.5 Å². The van der Waals surface area contributed by atoms with Gasteiger partial charge >= 0.3 is 5.97 Å². The van der Waals surface area contributed by atoms with Gasteiger partial charge in [0.1, 0.15) is 12.1 Å². The average molecular weight is 535 g/mol. The second-order valence-electron chi connectivity index (χ2n) is 10.5. The minimum absolute atomic E-state index is 0.217. The first-order chi connectivity index (χ1) is 18.8. The number of hydrogen-bond donors (Lipinski definition) is 3. The zero-order valence-corrected chi connectivity index (χ0v) is 22.2. The molecule has 4 rings (SSSR count). The van der Waals surface area contributed by atoms with Crippen molar-refractivity contribution in [2.75, 3.05) is 13.1 Å². The van der Waals surface area contributed by atoms with Crippen LogP contribution >= 0.6 is 0 Å². The normalized spacial score (nSPS) is 20.7. The zero-order valence-electron chi connectivity index (χ0n) is 22.2. The number of aliphatic carboxylic acids is 1. The maximum Gasteiger partial charge on any atom is 0.305 e. The van der Waals surface area contributed by atoms with Crippen LogP contribution in [0.5, 0.6) is 0 Å². The Hall–Kier alpha value is -3.72. The topological polar surface area (TPSA) is 133 Å². The van der Waals surface area contributed by atoms with Gasteiger partial charge in [-0.1, -0.05) is 60.7 Å². The molecule has 4 unspecified atom stereocenters. The van der Waals surface area contributed by atoms with Gasteiger partial charge in [0, 0.05) is 19.1 Å². The first-order valence-corrected chi connectivity index (χ1v) is 13.8. The number of rotatable bonds is 10. The molecule has 39 heavy (non-hydrogen) atoms. The molecule has 2 aromatic rings. The molecule has 0 aromatic heterocycles. The van der Waals surface area contributed by atoms with Crippen molar-refractivity contribution >= 4 is 23.7 Å². The van der Waals surface area contributed by atoms with Crippen molar-refractivity contribution in [1.29, 1.82) is 0 Å². The Morgan fingerprint density at radius 1 is 0.821 bits per heavy atom. The molecule has 2 aliphatic heterocycles. The van der Waals surface area contributed by atoms with E-state index < -0.39 is 30.1 Å². The smallest absolute Gasteiger partial charge is 0.305 e. The molecule has 0 radical (unpaired) electrons. The van der Waals surface area contributed by atoms with E-state index in [0.29, 0.717) is 45.2 Å². The molecule has 4 N–H and O–H groups in total. The van der Waals surface area contributed by atoms with E-state index in [4.69, 9.17) is 5.73 Å². The van der Waals surface area contributed by atoms with Gasteiger partial charge in [-0.05, 0) is 56.1 Å². The molecule has 2 aliphatic rings. The fourth-order valence-corrected chi connectivity index (χ4v) is 5.70. The van der Waals surface area contributed by atoms with E-state index in [-0.39, 0.29) is 24.1 Å². The summed E-state index contributed by atoms with van der Waals surface area (Å²) >= 11 is 0. The number of carboxylic acid groups (broad SMARTS) is 1. The molecule has 2 saturated heterocycles. The SMILES string of the molecule is NC(Cc1ccccc1)C(=O)N1CCCC1C(=O)N1CCCCC1C(=O)NC(CC(=O)O)Cc1ccccc1.